The minimum atomic E-state index is -0.149. The highest BCUT2D eigenvalue weighted by molar-refractivity contribution is 8.93. The van der Waals surface area contributed by atoms with Gasteiger partial charge < -0.3 is 16.4 Å². The highest BCUT2D eigenvalue weighted by Crippen LogP contribution is 2.08. The summed E-state index contributed by atoms with van der Waals surface area (Å²) in [5.41, 5.74) is 6.11. The number of rotatable bonds is 5. The average molecular weight is 350 g/mol. The molecule has 5 nitrogen and oxygen atoms in total. The van der Waals surface area contributed by atoms with E-state index in [1.54, 1.807) is 24.3 Å². The number of aliphatic imine (C=N–C) groups is 1. The van der Waals surface area contributed by atoms with E-state index in [1.807, 2.05) is 6.92 Å². The maximum absolute atomic E-state index is 11.7. The number of guanidine groups is 1. The van der Waals surface area contributed by atoms with Gasteiger partial charge in [-0.2, -0.15) is 0 Å². The van der Waals surface area contributed by atoms with Crippen LogP contribution in [0, 0.1) is 0 Å². The van der Waals surface area contributed by atoms with Crippen LogP contribution in [0.15, 0.2) is 29.3 Å². The molecule has 0 radical (unpaired) electrons. The fourth-order valence-corrected chi connectivity index (χ4v) is 1.41. The first kappa shape index (κ1) is 17.7. The van der Waals surface area contributed by atoms with Gasteiger partial charge in [-0.25, -0.2) is 0 Å². The van der Waals surface area contributed by atoms with E-state index in [1.165, 1.54) is 0 Å². The van der Waals surface area contributed by atoms with Gasteiger partial charge in [-0.3, -0.25) is 9.79 Å². The third-order valence-corrected chi connectivity index (χ3v) is 2.40. The molecule has 0 saturated heterocycles. The Morgan fingerprint density at radius 1 is 1.32 bits per heavy atom. The zero-order valence-electron chi connectivity index (χ0n) is 10.6. The Balaban J connectivity index is 0.00000324. The van der Waals surface area contributed by atoms with Gasteiger partial charge in [0.15, 0.2) is 5.96 Å². The average Bonchev–Trinajstić information content (AvgIpc) is 2.35. The fraction of sp³-hybridized carbons (Fsp3) is 0.333. The first-order valence-electron chi connectivity index (χ1n) is 5.71. The summed E-state index contributed by atoms with van der Waals surface area (Å²) in [6.07, 6.45) is 0. The van der Waals surface area contributed by atoms with E-state index < -0.39 is 0 Å². The Hall–Kier alpha value is -1.27. The number of nitrogens with one attached hydrogen (secondary N) is 2. The van der Waals surface area contributed by atoms with Crippen molar-refractivity contribution in [3.63, 3.8) is 0 Å². The SMILES string of the molecule is Br.CCNC(N)=NCCNC(=O)c1ccc(Cl)cc1. The number of benzene rings is 1. The molecule has 0 saturated carbocycles. The lowest BCUT2D eigenvalue weighted by atomic mass is 10.2. The van der Waals surface area contributed by atoms with E-state index in [0.29, 0.717) is 29.6 Å². The number of hydrogen-bond acceptors (Lipinski definition) is 2. The van der Waals surface area contributed by atoms with E-state index in [9.17, 15) is 4.79 Å². The molecule has 1 rings (SSSR count). The van der Waals surface area contributed by atoms with Crippen molar-refractivity contribution in [2.45, 2.75) is 6.92 Å². The molecule has 0 aromatic heterocycles. The molecule has 1 amide bonds. The van der Waals surface area contributed by atoms with Crippen molar-refractivity contribution in [3.05, 3.63) is 34.9 Å². The van der Waals surface area contributed by atoms with Gasteiger partial charge in [0, 0.05) is 23.7 Å². The Kier molecular flexibility index (Phi) is 8.99. The van der Waals surface area contributed by atoms with E-state index in [-0.39, 0.29) is 22.9 Å². The zero-order chi connectivity index (χ0) is 13.4. The lowest BCUT2D eigenvalue weighted by Gasteiger charge is -2.04. The molecule has 0 aliphatic rings. The third-order valence-electron chi connectivity index (χ3n) is 2.14. The van der Waals surface area contributed by atoms with Crippen LogP contribution < -0.4 is 16.4 Å². The van der Waals surface area contributed by atoms with Crippen LogP contribution in [0.2, 0.25) is 5.02 Å². The Labute approximate surface area is 128 Å². The molecule has 0 fully saturated rings. The van der Waals surface area contributed by atoms with Gasteiger partial charge >= 0.3 is 0 Å². The van der Waals surface area contributed by atoms with Crippen LogP contribution >= 0.6 is 28.6 Å². The lowest BCUT2D eigenvalue weighted by Crippen LogP contribution is -2.33. The molecular formula is C12H18BrClN4O. The molecular weight excluding hydrogens is 332 g/mol. The first-order chi connectivity index (χ1) is 8.63. The molecule has 0 atom stereocenters. The van der Waals surface area contributed by atoms with E-state index >= 15 is 0 Å². The number of nitrogens with two attached hydrogens (primary N) is 1. The third kappa shape index (κ3) is 7.03. The molecule has 0 bridgehead atoms. The van der Waals surface area contributed by atoms with Gasteiger partial charge in [-0.15, -0.1) is 17.0 Å². The Morgan fingerprint density at radius 2 is 1.95 bits per heavy atom. The smallest absolute Gasteiger partial charge is 0.251 e. The van der Waals surface area contributed by atoms with Gasteiger partial charge in [-0.1, -0.05) is 11.6 Å². The highest BCUT2D eigenvalue weighted by atomic mass is 79.9. The largest absolute Gasteiger partial charge is 0.370 e. The minimum Gasteiger partial charge on any atom is -0.370 e. The summed E-state index contributed by atoms with van der Waals surface area (Å²) in [5, 5.41) is 6.22. The van der Waals surface area contributed by atoms with Crippen molar-refractivity contribution in [2.24, 2.45) is 10.7 Å². The second-order valence-corrected chi connectivity index (χ2v) is 4.00. The molecule has 0 aliphatic heterocycles. The van der Waals surface area contributed by atoms with Crippen molar-refractivity contribution in [1.29, 1.82) is 0 Å². The molecule has 19 heavy (non-hydrogen) atoms. The quantitative estimate of drug-likeness (QED) is 0.429. The molecule has 4 N–H and O–H groups in total. The summed E-state index contributed by atoms with van der Waals surface area (Å²) < 4.78 is 0. The molecule has 0 aliphatic carbocycles. The monoisotopic (exact) mass is 348 g/mol. The summed E-state index contributed by atoms with van der Waals surface area (Å²) in [7, 11) is 0. The first-order valence-corrected chi connectivity index (χ1v) is 6.09. The second kappa shape index (κ2) is 9.63. The molecule has 0 spiro atoms. The molecule has 0 heterocycles. The van der Waals surface area contributed by atoms with Crippen molar-refractivity contribution < 1.29 is 4.79 Å². The maximum atomic E-state index is 11.7. The van der Waals surface area contributed by atoms with Crippen LogP contribution in [-0.2, 0) is 0 Å². The number of carbonyl (C=O) groups is 1. The zero-order valence-corrected chi connectivity index (χ0v) is 13.1. The number of halogens is 2. The van der Waals surface area contributed by atoms with Crippen LogP contribution in [0.3, 0.4) is 0 Å². The summed E-state index contributed by atoms with van der Waals surface area (Å²) >= 11 is 5.74. The fourth-order valence-electron chi connectivity index (χ4n) is 1.29. The predicted octanol–water partition coefficient (Wildman–Crippen LogP) is 1.57. The summed E-state index contributed by atoms with van der Waals surface area (Å²) in [6.45, 7) is 3.54. The Bertz CT molecular complexity index is 422. The Morgan fingerprint density at radius 3 is 2.53 bits per heavy atom. The predicted molar refractivity (Wildman–Crippen MR) is 84.3 cm³/mol. The van der Waals surface area contributed by atoms with Gasteiger partial charge in [0.05, 0.1) is 6.54 Å². The van der Waals surface area contributed by atoms with Gasteiger partial charge in [0.2, 0.25) is 0 Å². The molecule has 0 unspecified atom stereocenters. The van der Waals surface area contributed by atoms with Crippen LogP contribution in [0.1, 0.15) is 17.3 Å². The molecule has 1 aromatic carbocycles. The number of carbonyl (C=O) groups excluding carboxylic acids is 1. The minimum absolute atomic E-state index is 0. The standard InChI is InChI=1S/C12H17ClN4O.BrH/c1-2-15-12(14)17-8-7-16-11(18)9-3-5-10(13)6-4-9;/h3-6H,2,7-8H2,1H3,(H,16,18)(H3,14,15,17);1H. The molecule has 106 valence electrons. The number of amides is 1. The van der Waals surface area contributed by atoms with Gasteiger partial charge in [0.1, 0.15) is 0 Å². The maximum Gasteiger partial charge on any atom is 0.251 e. The highest BCUT2D eigenvalue weighted by Gasteiger charge is 2.03. The van der Waals surface area contributed by atoms with Crippen molar-refractivity contribution >= 4 is 40.4 Å². The lowest BCUT2D eigenvalue weighted by molar-refractivity contribution is 0.0955. The number of nitrogens with zero attached hydrogens (tertiary/aromatic N) is 1. The summed E-state index contributed by atoms with van der Waals surface area (Å²) in [5.74, 6) is 0.238. The van der Waals surface area contributed by atoms with Gasteiger partial charge in [0.25, 0.3) is 5.91 Å². The number of hydrogen-bond donors (Lipinski definition) is 3. The topological polar surface area (TPSA) is 79.5 Å². The summed E-state index contributed by atoms with van der Waals surface area (Å²) in [4.78, 5) is 15.7. The van der Waals surface area contributed by atoms with E-state index in [2.05, 4.69) is 15.6 Å². The summed E-state index contributed by atoms with van der Waals surface area (Å²) in [6, 6.07) is 6.71. The van der Waals surface area contributed by atoms with Crippen LogP contribution in [0.25, 0.3) is 0 Å². The van der Waals surface area contributed by atoms with Crippen molar-refractivity contribution in [1.82, 2.24) is 10.6 Å². The van der Waals surface area contributed by atoms with E-state index in [0.717, 1.165) is 6.54 Å². The van der Waals surface area contributed by atoms with Crippen LogP contribution in [0.5, 0.6) is 0 Å². The van der Waals surface area contributed by atoms with Crippen LogP contribution in [0.4, 0.5) is 0 Å². The molecule has 1 aromatic rings. The van der Waals surface area contributed by atoms with E-state index in [4.69, 9.17) is 17.3 Å². The normalized spacial score (nSPS) is 10.5. The van der Waals surface area contributed by atoms with Crippen LogP contribution in [-0.4, -0.2) is 31.5 Å². The van der Waals surface area contributed by atoms with Gasteiger partial charge in [-0.05, 0) is 31.2 Å². The van der Waals surface area contributed by atoms with Crippen molar-refractivity contribution in [2.75, 3.05) is 19.6 Å². The molecule has 7 heteroatoms. The second-order valence-electron chi connectivity index (χ2n) is 3.56. The van der Waals surface area contributed by atoms with Crippen molar-refractivity contribution in [3.8, 4) is 0 Å².